The molecule has 4 rings (SSSR count). The van der Waals surface area contributed by atoms with Crippen LogP contribution in [0.3, 0.4) is 0 Å². The minimum atomic E-state index is -0.365. The highest BCUT2D eigenvalue weighted by Crippen LogP contribution is 2.31. The molecule has 2 aromatic carbocycles. The first-order valence-corrected chi connectivity index (χ1v) is 11.5. The van der Waals surface area contributed by atoms with Crippen molar-refractivity contribution < 1.29 is 9.59 Å². The molecule has 2 atom stereocenters. The predicted octanol–water partition coefficient (Wildman–Crippen LogP) is 4.87. The number of aromatic nitrogens is 1. The molecule has 2 heterocycles. The number of anilines is 1. The van der Waals surface area contributed by atoms with E-state index >= 15 is 0 Å². The zero-order chi connectivity index (χ0) is 23.4. The van der Waals surface area contributed by atoms with Crippen molar-refractivity contribution in [2.24, 2.45) is 5.73 Å². The van der Waals surface area contributed by atoms with Gasteiger partial charge in [-0.3, -0.25) is 14.6 Å². The molecule has 1 aliphatic heterocycles. The fourth-order valence-corrected chi connectivity index (χ4v) is 4.68. The van der Waals surface area contributed by atoms with Crippen molar-refractivity contribution in [1.82, 2.24) is 9.88 Å². The van der Waals surface area contributed by atoms with E-state index in [2.05, 4.69) is 10.3 Å². The molecule has 0 saturated carbocycles. The maximum absolute atomic E-state index is 13.1. The first-order chi connectivity index (χ1) is 15.9. The van der Waals surface area contributed by atoms with Crippen molar-refractivity contribution >= 4 is 40.7 Å². The smallest absolute Gasteiger partial charge is 0.255 e. The summed E-state index contributed by atoms with van der Waals surface area (Å²) in [5.41, 5.74) is 9.28. The van der Waals surface area contributed by atoms with Gasteiger partial charge in [-0.25, -0.2) is 0 Å². The minimum Gasteiger partial charge on any atom is -0.338 e. The third kappa shape index (κ3) is 5.36. The lowest BCUT2D eigenvalue weighted by atomic mass is 9.96. The number of carbonyl (C=O) groups is 2. The number of halogens is 2. The molecule has 6 nitrogen and oxygen atoms in total. The van der Waals surface area contributed by atoms with Gasteiger partial charge in [-0.05, 0) is 60.4 Å². The van der Waals surface area contributed by atoms with E-state index in [0.717, 1.165) is 18.4 Å². The van der Waals surface area contributed by atoms with Gasteiger partial charge in [-0.1, -0.05) is 41.4 Å². The van der Waals surface area contributed by atoms with Crippen LogP contribution in [-0.2, 0) is 11.2 Å². The summed E-state index contributed by atoms with van der Waals surface area (Å²) in [7, 11) is 0. The second-order valence-electron chi connectivity index (χ2n) is 8.01. The molecule has 8 heteroatoms. The van der Waals surface area contributed by atoms with E-state index in [1.165, 1.54) is 0 Å². The van der Waals surface area contributed by atoms with Gasteiger partial charge in [0.2, 0.25) is 5.91 Å². The maximum Gasteiger partial charge on any atom is 0.255 e. The number of nitrogens with zero attached hydrogens (tertiary/aromatic N) is 2. The van der Waals surface area contributed by atoms with Gasteiger partial charge < -0.3 is 16.0 Å². The van der Waals surface area contributed by atoms with E-state index in [0.29, 0.717) is 33.4 Å². The highest BCUT2D eigenvalue weighted by Gasteiger charge is 2.34. The summed E-state index contributed by atoms with van der Waals surface area (Å²) in [5.74, 6) is -0.257. The fraction of sp³-hybridized carbons (Fsp3) is 0.240. The average Bonchev–Trinajstić information content (AvgIpc) is 3.32. The van der Waals surface area contributed by atoms with Crippen LogP contribution in [0.5, 0.6) is 0 Å². The molecule has 0 aliphatic carbocycles. The van der Waals surface area contributed by atoms with Gasteiger partial charge in [0.15, 0.2) is 0 Å². The Bertz CT molecular complexity index is 1120. The first kappa shape index (κ1) is 23.2. The van der Waals surface area contributed by atoms with Crippen LogP contribution < -0.4 is 11.1 Å². The summed E-state index contributed by atoms with van der Waals surface area (Å²) in [6, 6.07) is 15.4. The molecule has 33 heavy (non-hydrogen) atoms. The third-order valence-corrected chi connectivity index (χ3v) is 6.63. The number of carbonyl (C=O) groups excluding carboxylic acids is 2. The van der Waals surface area contributed by atoms with Crippen LogP contribution >= 0.6 is 23.2 Å². The van der Waals surface area contributed by atoms with Gasteiger partial charge >= 0.3 is 0 Å². The Kier molecular flexibility index (Phi) is 7.28. The lowest BCUT2D eigenvalue weighted by Crippen LogP contribution is -2.42. The van der Waals surface area contributed by atoms with Gasteiger partial charge in [0.1, 0.15) is 0 Å². The van der Waals surface area contributed by atoms with E-state index < -0.39 is 0 Å². The van der Waals surface area contributed by atoms with E-state index in [-0.39, 0.29) is 30.3 Å². The Morgan fingerprint density at radius 3 is 2.39 bits per heavy atom. The second-order valence-corrected chi connectivity index (χ2v) is 8.83. The summed E-state index contributed by atoms with van der Waals surface area (Å²) < 4.78 is 0. The highest BCUT2D eigenvalue weighted by molar-refractivity contribution is 6.36. The van der Waals surface area contributed by atoms with Crippen LogP contribution in [0.15, 0.2) is 67.0 Å². The molecule has 1 aliphatic rings. The number of nitrogens with two attached hydrogens (primary N) is 1. The summed E-state index contributed by atoms with van der Waals surface area (Å²) in [6.45, 7) is 0.645. The lowest BCUT2D eigenvalue weighted by Gasteiger charge is -2.30. The number of benzene rings is 2. The van der Waals surface area contributed by atoms with Crippen molar-refractivity contribution in [1.29, 1.82) is 0 Å². The predicted molar refractivity (Wildman–Crippen MR) is 130 cm³/mol. The van der Waals surface area contributed by atoms with E-state index in [1.54, 1.807) is 54.9 Å². The van der Waals surface area contributed by atoms with E-state index in [4.69, 9.17) is 28.9 Å². The number of amides is 2. The number of pyridine rings is 1. The van der Waals surface area contributed by atoms with Crippen LogP contribution in [0.2, 0.25) is 10.0 Å². The number of hydrogen-bond donors (Lipinski definition) is 2. The van der Waals surface area contributed by atoms with Gasteiger partial charge in [0, 0.05) is 40.2 Å². The van der Waals surface area contributed by atoms with Crippen LogP contribution in [-0.4, -0.2) is 34.3 Å². The van der Waals surface area contributed by atoms with Crippen LogP contribution in [0, 0.1) is 0 Å². The maximum atomic E-state index is 13.1. The number of likely N-dealkylation sites (tertiary alicyclic amines) is 1. The van der Waals surface area contributed by atoms with Crippen LogP contribution in [0.25, 0.3) is 0 Å². The highest BCUT2D eigenvalue weighted by atomic mass is 35.5. The fourth-order valence-electron chi connectivity index (χ4n) is 4.15. The van der Waals surface area contributed by atoms with Gasteiger partial charge in [-0.2, -0.15) is 0 Å². The molecular weight excluding hydrogens is 459 g/mol. The number of rotatable bonds is 6. The molecule has 1 fully saturated rings. The molecule has 1 saturated heterocycles. The Morgan fingerprint density at radius 2 is 1.73 bits per heavy atom. The summed E-state index contributed by atoms with van der Waals surface area (Å²) in [6.07, 6.45) is 5.06. The third-order valence-electron chi connectivity index (χ3n) is 5.92. The normalized spacial score (nSPS) is 16.5. The molecule has 3 N–H and O–H groups in total. The Balaban J connectivity index is 1.44. The molecule has 0 spiro atoms. The lowest BCUT2D eigenvalue weighted by molar-refractivity contribution is -0.131. The molecule has 2 unspecified atom stereocenters. The van der Waals surface area contributed by atoms with E-state index in [1.807, 2.05) is 17.0 Å². The van der Waals surface area contributed by atoms with Gasteiger partial charge in [0.05, 0.1) is 18.5 Å². The minimum absolute atomic E-state index is 0.0451. The SMILES string of the molecule is NC(c1ccc(C(=O)Nc2ccncc2)cc1)C1CCCN1C(=O)Cc1c(Cl)cccc1Cl. The molecular formula is C25H24Cl2N4O2. The summed E-state index contributed by atoms with van der Waals surface area (Å²) in [5, 5.41) is 3.80. The Morgan fingerprint density at radius 1 is 1.06 bits per heavy atom. The zero-order valence-electron chi connectivity index (χ0n) is 17.9. The van der Waals surface area contributed by atoms with E-state index in [9.17, 15) is 9.59 Å². The van der Waals surface area contributed by atoms with Crippen molar-refractivity contribution in [2.45, 2.75) is 31.3 Å². The second kappa shape index (κ2) is 10.3. The molecule has 2 amide bonds. The zero-order valence-corrected chi connectivity index (χ0v) is 19.4. The van der Waals surface area contributed by atoms with Crippen molar-refractivity contribution in [3.05, 3.63) is 93.7 Å². The molecule has 1 aromatic heterocycles. The van der Waals surface area contributed by atoms with Gasteiger partial charge in [-0.15, -0.1) is 0 Å². The number of hydrogen-bond acceptors (Lipinski definition) is 4. The van der Waals surface area contributed by atoms with Crippen molar-refractivity contribution in [3.8, 4) is 0 Å². The molecule has 170 valence electrons. The molecule has 0 radical (unpaired) electrons. The van der Waals surface area contributed by atoms with Crippen LogP contribution in [0.4, 0.5) is 5.69 Å². The molecule has 0 bridgehead atoms. The van der Waals surface area contributed by atoms with Crippen molar-refractivity contribution in [3.63, 3.8) is 0 Å². The van der Waals surface area contributed by atoms with Crippen molar-refractivity contribution in [2.75, 3.05) is 11.9 Å². The Hall–Kier alpha value is -2.93. The summed E-state index contributed by atoms with van der Waals surface area (Å²) >= 11 is 12.5. The Labute approximate surface area is 202 Å². The standard InChI is InChI=1S/C25H24Cl2N4O2/c26-20-3-1-4-21(27)19(20)15-23(32)31-14-2-5-22(31)24(28)16-6-8-17(9-7-16)25(33)30-18-10-12-29-13-11-18/h1,3-4,6-13,22,24H,2,5,14-15,28H2,(H,29,30,33). The average molecular weight is 483 g/mol. The quantitative estimate of drug-likeness (QED) is 0.524. The summed E-state index contributed by atoms with van der Waals surface area (Å²) in [4.78, 5) is 31.3. The largest absolute Gasteiger partial charge is 0.338 e. The van der Waals surface area contributed by atoms with Crippen LogP contribution in [0.1, 0.15) is 40.4 Å². The monoisotopic (exact) mass is 482 g/mol. The molecule has 3 aromatic rings. The topological polar surface area (TPSA) is 88.3 Å². The number of nitrogens with one attached hydrogen (secondary N) is 1. The first-order valence-electron chi connectivity index (χ1n) is 10.7. The van der Waals surface area contributed by atoms with Gasteiger partial charge in [0.25, 0.3) is 5.91 Å².